The Morgan fingerprint density at radius 1 is 0.735 bits per heavy atom. The van der Waals surface area contributed by atoms with E-state index >= 15 is 0 Å². The number of carbonyl (C=O) groups is 2. The van der Waals surface area contributed by atoms with Crippen molar-refractivity contribution in [1.29, 1.82) is 0 Å². The van der Waals surface area contributed by atoms with E-state index in [0.29, 0.717) is 16.9 Å². The molecule has 4 aromatic carbocycles. The number of nitrogens with zero attached hydrogens (tertiary/aromatic N) is 2. The number of hydrogen-bond donors (Lipinski definition) is 2. The van der Waals surface area contributed by atoms with Crippen LogP contribution in [0.4, 0.5) is 11.4 Å². The van der Waals surface area contributed by atoms with Gasteiger partial charge in [0.25, 0.3) is 5.91 Å². The molecule has 0 unspecified atom stereocenters. The predicted molar refractivity (Wildman–Crippen MR) is 126 cm³/mol. The zero-order chi connectivity index (χ0) is 23.4. The van der Waals surface area contributed by atoms with Gasteiger partial charge in [0.15, 0.2) is 17.6 Å². The summed E-state index contributed by atoms with van der Waals surface area (Å²) < 4.78 is 0. The molecule has 7 heteroatoms. The molecule has 0 aliphatic carbocycles. The minimum Gasteiger partial charge on any atom is -0.504 e. The van der Waals surface area contributed by atoms with Crippen molar-refractivity contribution < 1.29 is 24.6 Å². The molecule has 0 aromatic heterocycles. The fourth-order valence-electron chi connectivity index (χ4n) is 4.92. The van der Waals surface area contributed by atoms with Crippen LogP contribution < -0.4 is 9.96 Å². The molecule has 2 N–H and O–H groups in total. The van der Waals surface area contributed by atoms with Gasteiger partial charge in [-0.05, 0) is 41.3 Å². The highest BCUT2D eigenvalue weighted by Crippen LogP contribution is 2.49. The van der Waals surface area contributed by atoms with E-state index in [2.05, 4.69) is 0 Å². The van der Waals surface area contributed by atoms with Crippen molar-refractivity contribution in [2.45, 2.75) is 12.1 Å². The normalized spacial score (nSPS) is 21.9. The fourth-order valence-corrected chi connectivity index (χ4v) is 4.92. The van der Waals surface area contributed by atoms with Gasteiger partial charge in [0.1, 0.15) is 5.92 Å². The molecular weight excluding hydrogens is 432 g/mol. The highest BCUT2D eigenvalue weighted by molar-refractivity contribution is 6.26. The van der Waals surface area contributed by atoms with Gasteiger partial charge in [0.05, 0.1) is 17.4 Å². The van der Waals surface area contributed by atoms with E-state index in [4.69, 9.17) is 4.84 Å². The molecule has 0 spiro atoms. The van der Waals surface area contributed by atoms with Crippen molar-refractivity contribution in [2.75, 3.05) is 9.96 Å². The number of phenolic OH excluding ortho intramolecular Hbond substituents is 2. The van der Waals surface area contributed by atoms with E-state index in [-0.39, 0.29) is 17.4 Å². The Morgan fingerprint density at radius 3 is 2.26 bits per heavy atom. The molecule has 2 aliphatic heterocycles. The topological polar surface area (TPSA) is 90.3 Å². The second kappa shape index (κ2) is 7.60. The van der Waals surface area contributed by atoms with Crippen LogP contribution in [-0.4, -0.2) is 28.1 Å². The first-order chi connectivity index (χ1) is 16.5. The first-order valence-electron chi connectivity index (χ1n) is 10.9. The van der Waals surface area contributed by atoms with E-state index in [1.54, 1.807) is 17.2 Å². The molecule has 2 saturated heterocycles. The van der Waals surface area contributed by atoms with Crippen LogP contribution in [0.25, 0.3) is 10.8 Å². The summed E-state index contributed by atoms with van der Waals surface area (Å²) in [6.45, 7) is 0. The number of rotatable bonds is 3. The average molecular weight is 452 g/mol. The molecule has 7 nitrogen and oxygen atoms in total. The standard InChI is InChI=1S/C27H20N2O5/c30-21-14-13-17(15-22(21)31)24-23-25(34-29(24)18-9-2-1-3-10-18)27(33)28(26(23)32)20-12-6-8-16-7-4-5-11-19(16)20/h1-15,23-25,30-31H/t23-,24+,25+/m0/s1. The molecule has 168 valence electrons. The van der Waals surface area contributed by atoms with E-state index in [0.717, 1.165) is 10.8 Å². The van der Waals surface area contributed by atoms with E-state index in [9.17, 15) is 19.8 Å². The Hall–Kier alpha value is -4.36. The lowest BCUT2D eigenvalue weighted by Crippen LogP contribution is -2.37. The molecule has 0 saturated carbocycles. The number of phenols is 2. The number of imide groups is 1. The van der Waals surface area contributed by atoms with Crippen molar-refractivity contribution in [1.82, 2.24) is 0 Å². The molecule has 2 heterocycles. The summed E-state index contributed by atoms with van der Waals surface area (Å²) in [4.78, 5) is 34.8. The van der Waals surface area contributed by atoms with Crippen molar-refractivity contribution in [3.63, 3.8) is 0 Å². The summed E-state index contributed by atoms with van der Waals surface area (Å²) in [5, 5.41) is 23.2. The Morgan fingerprint density at radius 2 is 1.47 bits per heavy atom. The maximum Gasteiger partial charge on any atom is 0.266 e. The fraction of sp³-hybridized carbons (Fsp3) is 0.111. The highest BCUT2D eigenvalue weighted by atomic mass is 16.7. The number of anilines is 2. The lowest BCUT2D eigenvalue weighted by Gasteiger charge is -2.29. The van der Waals surface area contributed by atoms with Gasteiger partial charge in [0.2, 0.25) is 5.91 Å². The minimum atomic E-state index is -1.02. The van der Waals surface area contributed by atoms with Crippen LogP contribution in [0.3, 0.4) is 0 Å². The molecule has 0 bridgehead atoms. The number of carbonyl (C=O) groups excluding carboxylic acids is 2. The maximum absolute atomic E-state index is 13.8. The van der Waals surface area contributed by atoms with E-state index in [1.807, 2.05) is 66.7 Å². The summed E-state index contributed by atoms with van der Waals surface area (Å²) in [5.41, 5.74) is 1.74. The van der Waals surface area contributed by atoms with Gasteiger partial charge in [-0.2, -0.15) is 0 Å². The lowest BCUT2D eigenvalue weighted by atomic mass is 9.90. The molecule has 3 atom stereocenters. The van der Waals surface area contributed by atoms with Crippen LogP contribution >= 0.6 is 0 Å². The smallest absolute Gasteiger partial charge is 0.266 e. The van der Waals surface area contributed by atoms with E-state index in [1.165, 1.54) is 17.0 Å². The number of benzene rings is 4. The monoisotopic (exact) mass is 452 g/mol. The van der Waals surface area contributed by atoms with Gasteiger partial charge < -0.3 is 10.2 Å². The first-order valence-corrected chi connectivity index (χ1v) is 10.9. The molecule has 0 radical (unpaired) electrons. The minimum absolute atomic E-state index is 0.267. The molecular formula is C27H20N2O5. The largest absolute Gasteiger partial charge is 0.504 e. The van der Waals surface area contributed by atoms with Crippen LogP contribution in [0.2, 0.25) is 0 Å². The average Bonchev–Trinajstić information content (AvgIpc) is 3.37. The number of hydrogen-bond acceptors (Lipinski definition) is 6. The Bertz CT molecular complexity index is 1430. The Kier molecular flexibility index (Phi) is 4.53. The summed E-state index contributed by atoms with van der Waals surface area (Å²) in [7, 11) is 0. The van der Waals surface area contributed by atoms with Crippen LogP contribution in [0, 0.1) is 5.92 Å². The summed E-state index contributed by atoms with van der Waals surface area (Å²) in [6.07, 6.45) is -1.02. The third-order valence-corrected chi connectivity index (χ3v) is 6.47. The number of hydroxylamine groups is 1. The zero-order valence-corrected chi connectivity index (χ0v) is 17.9. The second-order valence-corrected chi connectivity index (χ2v) is 8.42. The summed E-state index contributed by atoms with van der Waals surface area (Å²) >= 11 is 0. The zero-order valence-electron chi connectivity index (χ0n) is 17.9. The molecule has 6 rings (SSSR count). The SMILES string of the molecule is O=C1[C@H]2[C@@H](c3ccc(O)c(O)c3)N(c3ccccc3)O[C@H]2C(=O)N1c1cccc2ccccc12. The molecule has 2 amide bonds. The molecule has 34 heavy (non-hydrogen) atoms. The second-order valence-electron chi connectivity index (χ2n) is 8.42. The molecule has 2 fully saturated rings. The van der Waals surface area contributed by atoms with Crippen molar-refractivity contribution >= 4 is 34.0 Å². The third-order valence-electron chi connectivity index (χ3n) is 6.47. The van der Waals surface area contributed by atoms with Gasteiger partial charge in [-0.25, -0.2) is 9.96 Å². The maximum atomic E-state index is 13.8. The van der Waals surface area contributed by atoms with Crippen LogP contribution in [0.1, 0.15) is 11.6 Å². The summed E-state index contributed by atoms with van der Waals surface area (Å²) in [5.74, 6) is -2.22. The Balaban J connectivity index is 1.48. The van der Waals surface area contributed by atoms with Crippen molar-refractivity contribution in [3.8, 4) is 11.5 Å². The summed E-state index contributed by atoms with van der Waals surface area (Å²) in [6, 6.07) is 26.0. The van der Waals surface area contributed by atoms with Crippen LogP contribution in [0.5, 0.6) is 11.5 Å². The van der Waals surface area contributed by atoms with Gasteiger partial charge in [-0.3, -0.25) is 14.4 Å². The number of amides is 2. The van der Waals surface area contributed by atoms with Gasteiger partial charge in [0, 0.05) is 5.39 Å². The number of aromatic hydroxyl groups is 2. The predicted octanol–water partition coefficient (Wildman–Crippen LogP) is 4.30. The quantitative estimate of drug-likeness (QED) is 0.356. The van der Waals surface area contributed by atoms with Crippen molar-refractivity contribution in [2.24, 2.45) is 5.92 Å². The first kappa shape index (κ1) is 20.3. The van der Waals surface area contributed by atoms with E-state index < -0.39 is 24.0 Å². The van der Waals surface area contributed by atoms with Gasteiger partial charge >= 0.3 is 0 Å². The van der Waals surface area contributed by atoms with Crippen molar-refractivity contribution in [3.05, 3.63) is 96.6 Å². The molecule has 2 aliphatic rings. The lowest BCUT2D eigenvalue weighted by molar-refractivity contribution is -0.126. The number of para-hydroxylation sites is 1. The third kappa shape index (κ3) is 2.94. The number of fused-ring (bicyclic) bond motifs is 2. The Labute approximate surface area is 195 Å². The van der Waals surface area contributed by atoms with Crippen LogP contribution in [-0.2, 0) is 14.4 Å². The highest BCUT2D eigenvalue weighted by Gasteiger charge is 2.60. The van der Waals surface area contributed by atoms with Crippen LogP contribution in [0.15, 0.2) is 91.0 Å². The van der Waals surface area contributed by atoms with Gasteiger partial charge in [-0.15, -0.1) is 0 Å². The van der Waals surface area contributed by atoms with Gasteiger partial charge in [-0.1, -0.05) is 60.7 Å². The molecule has 4 aromatic rings.